The molecule has 1 N–H and O–H groups in total. The van der Waals surface area contributed by atoms with Gasteiger partial charge in [0.15, 0.2) is 5.82 Å². The van der Waals surface area contributed by atoms with Gasteiger partial charge in [-0.25, -0.2) is 4.79 Å². The van der Waals surface area contributed by atoms with Crippen molar-refractivity contribution < 1.29 is 14.1 Å². The monoisotopic (exact) mass is 426 g/mol. The second-order valence-electron chi connectivity index (χ2n) is 6.58. The molecule has 1 aromatic carbocycles. The molecule has 0 fully saturated rings. The highest BCUT2D eigenvalue weighted by molar-refractivity contribution is 7.17. The molecule has 0 atom stereocenters. The number of carbonyl (C=O) groups is 1. The molecule has 9 nitrogen and oxygen atoms in total. The predicted octanol–water partition coefficient (Wildman–Crippen LogP) is 2.22. The highest BCUT2D eigenvalue weighted by Gasteiger charge is 2.18. The average Bonchev–Trinajstić information content (AvgIpc) is 3.38. The number of methoxy groups -OCH3 is 1. The summed E-state index contributed by atoms with van der Waals surface area (Å²) in [5, 5.41) is 8.02. The minimum absolute atomic E-state index is 0.0274. The summed E-state index contributed by atoms with van der Waals surface area (Å²) in [5.41, 5.74) is 0.116. The summed E-state index contributed by atoms with van der Waals surface area (Å²) >= 11 is 1.22. The van der Waals surface area contributed by atoms with Crippen LogP contribution in [0.1, 0.15) is 11.3 Å². The Morgan fingerprint density at radius 2 is 2.03 bits per heavy atom. The summed E-state index contributed by atoms with van der Waals surface area (Å²) in [6.45, 7) is 1.46. The standard InChI is InChI=1S/C20H18N4O5S/c1-12-9-16(22-29-12)21-17(25)11-23-14-7-8-30-18(14)19(26)24(20(23)27)10-13-5-3-4-6-15(13)28-2/h3-9H,10-11H2,1-2H3,(H,21,22,25). The van der Waals surface area contributed by atoms with E-state index < -0.39 is 17.2 Å². The number of rotatable bonds is 6. The number of anilines is 1. The van der Waals surface area contributed by atoms with Gasteiger partial charge in [0.2, 0.25) is 5.91 Å². The van der Waals surface area contributed by atoms with Crippen LogP contribution in [0.2, 0.25) is 0 Å². The second kappa shape index (κ2) is 7.99. The van der Waals surface area contributed by atoms with E-state index in [0.717, 1.165) is 4.57 Å². The third-order valence-corrected chi connectivity index (χ3v) is 5.45. The van der Waals surface area contributed by atoms with Crippen LogP contribution in [-0.2, 0) is 17.9 Å². The molecule has 0 saturated carbocycles. The van der Waals surface area contributed by atoms with Crippen LogP contribution < -0.4 is 21.3 Å². The van der Waals surface area contributed by atoms with E-state index in [1.807, 2.05) is 6.07 Å². The van der Waals surface area contributed by atoms with Crippen molar-refractivity contribution >= 4 is 33.3 Å². The predicted molar refractivity (Wildman–Crippen MR) is 112 cm³/mol. The van der Waals surface area contributed by atoms with Gasteiger partial charge in [-0.15, -0.1) is 11.3 Å². The summed E-state index contributed by atoms with van der Waals surface area (Å²) in [6, 6.07) is 10.4. The van der Waals surface area contributed by atoms with E-state index in [1.165, 1.54) is 23.0 Å². The molecule has 0 saturated heterocycles. The number of hydrogen-bond acceptors (Lipinski definition) is 7. The van der Waals surface area contributed by atoms with Gasteiger partial charge in [-0.1, -0.05) is 23.4 Å². The zero-order valence-corrected chi connectivity index (χ0v) is 17.1. The topological polar surface area (TPSA) is 108 Å². The smallest absolute Gasteiger partial charge is 0.332 e. The van der Waals surface area contributed by atoms with Gasteiger partial charge in [0.1, 0.15) is 22.8 Å². The third-order valence-electron chi connectivity index (χ3n) is 4.55. The lowest BCUT2D eigenvalue weighted by molar-refractivity contribution is -0.116. The molecule has 3 aromatic heterocycles. The van der Waals surface area contributed by atoms with Gasteiger partial charge in [-0.3, -0.25) is 18.7 Å². The Morgan fingerprint density at radius 3 is 2.77 bits per heavy atom. The first-order valence-electron chi connectivity index (χ1n) is 9.04. The number of aromatic nitrogens is 3. The molecule has 0 aliphatic rings. The van der Waals surface area contributed by atoms with Gasteiger partial charge in [0.25, 0.3) is 5.56 Å². The van der Waals surface area contributed by atoms with Crippen LogP contribution in [0.4, 0.5) is 5.82 Å². The zero-order valence-electron chi connectivity index (χ0n) is 16.2. The Morgan fingerprint density at radius 1 is 1.23 bits per heavy atom. The van der Waals surface area contributed by atoms with Crippen molar-refractivity contribution in [2.24, 2.45) is 0 Å². The summed E-state index contributed by atoms with van der Waals surface area (Å²) in [4.78, 5) is 38.6. The zero-order chi connectivity index (χ0) is 21.3. The van der Waals surface area contributed by atoms with Crippen LogP contribution in [0, 0.1) is 6.92 Å². The number of nitrogens with one attached hydrogen (secondary N) is 1. The molecule has 0 aliphatic heterocycles. The molecule has 30 heavy (non-hydrogen) atoms. The lowest BCUT2D eigenvalue weighted by atomic mass is 10.2. The first-order valence-corrected chi connectivity index (χ1v) is 9.92. The van der Waals surface area contributed by atoms with Crippen molar-refractivity contribution in [3.8, 4) is 5.75 Å². The molecule has 4 aromatic rings. The fourth-order valence-electron chi connectivity index (χ4n) is 3.18. The molecular weight excluding hydrogens is 408 g/mol. The number of hydrogen-bond donors (Lipinski definition) is 1. The summed E-state index contributed by atoms with van der Waals surface area (Å²) in [6.07, 6.45) is 0. The molecule has 10 heteroatoms. The van der Waals surface area contributed by atoms with Crippen molar-refractivity contribution in [1.82, 2.24) is 14.3 Å². The molecule has 0 aliphatic carbocycles. The van der Waals surface area contributed by atoms with E-state index in [0.29, 0.717) is 27.3 Å². The van der Waals surface area contributed by atoms with Crippen molar-refractivity contribution in [3.05, 3.63) is 73.9 Å². The van der Waals surface area contributed by atoms with Crippen LogP contribution in [0.15, 0.2) is 55.9 Å². The van der Waals surface area contributed by atoms with E-state index in [1.54, 1.807) is 42.6 Å². The maximum atomic E-state index is 13.2. The maximum absolute atomic E-state index is 13.2. The second-order valence-corrected chi connectivity index (χ2v) is 7.49. The van der Waals surface area contributed by atoms with Crippen LogP contribution in [-0.4, -0.2) is 27.3 Å². The fourth-order valence-corrected chi connectivity index (χ4v) is 4.02. The molecule has 0 bridgehead atoms. The van der Waals surface area contributed by atoms with Crippen LogP contribution in [0.25, 0.3) is 10.2 Å². The fraction of sp³-hybridized carbons (Fsp3) is 0.200. The van der Waals surface area contributed by atoms with Crippen molar-refractivity contribution in [3.63, 3.8) is 0 Å². The van der Waals surface area contributed by atoms with Crippen LogP contribution >= 0.6 is 11.3 Å². The number of thiophene rings is 1. The van der Waals surface area contributed by atoms with Gasteiger partial charge < -0.3 is 14.6 Å². The molecule has 4 rings (SSSR count). The molecule has 0 radical (unpaired) electrons. The SMILES string of the molecule is COc1ccccc1Cn1c(=O)c2sccc2n(CC(=O)Nc2cc(C)on2)c1=O. The number of fused-ring (bicyclic) bond motifs is 1. The molecule has 3 heterocycles. The van der Waals surface area contributed by atoms with E-state index in [2.05, 4.69) is 10.5 Å². The lowest BCUT2D eigenvalue weighted by Gasteiger charge is -2.13. The third kappa shape index (κ3) is 3.64. The maximum Gasteiger partial charge on any atom is 0.332 e. The van der Waals surface area contributed by atoms with E-state index in [9.17, 15) is 14.4 Å². The Bertz CT molecular complexity index is 1350. The van der Waals surface area contributed by atoms with Crippen molar-refractivity contribution in [1.29, 1.82) is 0 Å². The van der Waals surface area contributed by atoms with E-state index >= 15 is 0 Å². The van der Waals surface area contributed by atoms with Crippen molar-refractivity contribution in [2.75, 3.05) is 12.4 Å². The minimum atomic E-state index is -0.580. The Balaban J connectivity index is 1.74. The first-order chi connectivity index (χ1) is 14.5. The number of para-hydroxylation sites is 1. The van der Waals surface area contributed by atoms with E-state index in [4.69, 9.17) is 9.26 Å². The Hall–Kier alpha value is -3.66. The Labute approximate surface area is 174 Å². The van der Waals surface area contributed by atoms with Gasteiger partial charge in [-0.05, 0) is 24.4 Å². The number of ether oxygens (including phenoxy) is 1. The van der Waals surface area contributed by atoms with Gasteiger partial charge in [0.05, 0.1) is 19.2 Å². The molecule has 0 spiro atoms. The van der Waals surface area contributed by atoms with Gasteiger partial charge in [-0.2, -0.15) is 0 Å². The number of amides is 1. The van der Waals surface area contributed by atoms with Gasteiger partial charge in [0, 0.05) is 11.6 Å². The normalized spacial score (nSPS) is 11.0. The van der Waals surface area contributed by atoms with Crippen molar-refractivity contribution in [2.45, 2.75) is 20.0 Å². The number of carbonyl (C=O) groups excluding carboxylic acids is 1. The van der Waals surface area contributed by atoms with Crippen LogP contribution in [0.3, 0.4) is 0 Å². The molecule has 0 unspecified atom stereocenters. The number of nitrogens with zero attached hydrogens (tertiary/aromatic N) is 3. The lowest BCUT2D eigenvalue weighted by Crippen LogP contribution is -2.41. The highest BCUT2D eigenvalue weighted by atomic mass is 32.1. The molecule has 154 valence electrons. The summed E-state index contributed by atoms with van der Waals surface area (Å²) in [7, 11) is 1.53. The van der Waals surface area contributed by atoms with Gasteiger partial charge >= 0.3 is 5.69 Å². The van der Waals surface area contributed by atoms with E-state index in [-0.39, 0.29) is 18.9 Å². The molecular formula is C20H18N4O5S. The number of aryl methyl sites for hydroxylation is 1. The van der Waals surface area contributed by atoms with Crippen LogP contribution in [0.5, 0.6) is 5.75 Å². The quantitative estimate of drug-likeness (QED) is 0.506. The largest absolute Gasteiger partial charge is 0.496 e. The molecule has 1 amide bonds. The minimum Gasteiger partial charge on any atom is -0.496 e. The summed E-state index contributed by atoms with van der Waals surface area (Å²) in [5.74, 6) is 0.920. The average molecular weight is 426 g/mol. The first kappa shape index (κ1) is 19.6. The number of benzene rings is 1. The summed E-state index contributed by atoms with van der Waals surface area (Å²) < 4.78 is 13.1. The highest BCUT2D eigenvalue weighted by Crippen LogP contribution is 2.19. The Kier molecular flexibility index (Phi) is 5.23.